The molecule has 2 aromatic carbocycles. The second-order valence-corrected chi connectivity index (χ2v) is 4.57. The van der Waals surface area contributed by atoms with Crippen LogP contribution in [0.4, 0.5) is 4.39 Å². The van der Waals surface area contributed by atoms with Gasteiger partial charge in [-0.2, -0.15) is 0 Å². The van der Waals surface area contributed by atoms with Gasteiger partial charge in [-0.25, -0.2) is 4.39 Å². The van der Waals surface area contributed by atoms with Gasteiger partial charge in [-0.1, -0.05) is 60.7 Å². The molecule has 0 spiro atoms. The maximum absolute atomic E-state index is 14.6. The molecule has 0 aliphatic rings. The Hall–Kier alpha value is -2.49. The molecule has 108 valence electrons. The number of halogens is 1. The lowest BCUT2D eigenvalue weighted by Crippen LogP contribution is -2.27. The van der Waals surface area contributed by atoms with Crippen molar-refractivity contribution in [2.45, 2.75) is 19.2 Å². The minimum atomic E-state index is -1.95. The van der Waals surface area contributed by atoms with Crippen molar-refractivity contribution in [3.63, 3.8) is 0 Å². The molecule has 2 unspecified atom stereocenters. The van der Waals surface area contributed by atoms with E-state index in [1.165, 1.54) is 19.1 Å². The van der Waals surface area contributed by atoms with Gasteiger partial charge in [0, 0.05) is 12.5 Å². The molecule has 2 rings (SSSR count). The number of hydrogen-bond acceptors (Lipinski definition) is 3. The molecule has 2 aromatic rings. The summed E-state index contributed by atoms with van der Waals surface area (Å²) in [4.78, 5) is 23.4. The largest absolute Gasteiger partial charge is 0.454 e. The quantitative estimate of drug-likeness (QED) is 0.624. The van der Waals surface area contributed by atoms with Crippen LogP contribution in [0.3, 0.4) is 0 Å². The van der Waals surface area contributed by atoms with E-state index in [-0.39, 0.29) is 5.56 Å². The van der Waals surface area contributed by atoms with Gasteiger partial charge in [0.2, 0.25) is 12.0 Å². The topological polar surface area (TPSA) is 43.4 Å². The Kier molecular flexibility index (Phi) is 4.82. The number of carbonyl (C=O) groups excluding carboxylic acids is 2. The van der Waals surface area contributed by atoms with E-state index in [9.17, 15) is 14.0 Å². The van der Waals surface area contributed by atoms with Crippen molar-refractivity contribution < 1.29 is 18.7 Å². The number of esters is 1. The highest BCUT2D eigenvalue weighted by Crippen LogP contribution is 2.26. The van der Waals surface area contributed by atoms with Crippen LogP contribution in [0, 0.1) is 0 Å². The number of ketones is 1. The second-order valence-electron chi connectivity index (χ2n) is 4.57. The maximum atomic E-state index is 14.6. The number of hydrogen-bond donors (Lipinski definition) is 0. The molecule has 0 aliphatic carbocycles. The highest BCUT2D eigenvalue weighted by Gasteiger charge is 2.32. The summed E-state index contributed by atoms with van der Waals surface area (Å²) in [6.45, 7) is 1.19. The SMILES string of the molecule is CC(=O)OC(c1ccccc1)C(F)C(=O)c1ccccc1. The van der Waals surface area contributed by atoms with Gasteiger partial charge in [0.05, 0.1) is 0 Å². The molecule has 0 bridgehead atoms. The Labute approximate surface area is 122 Å². The van der Waals surface area contributed by atoms with E-state index in [1.54, 1.807) is 48.5 Å². The van der Waals surface area contributed by atoms with Crippen molar-refractivity contribution in [3.8, 4) is 0 Å². The zero-order valence-corrected chi connectivity index (χ0v) is 11.5. The van der Waals surface area contributed by atoms with E-state index in [4.69, 9.17) is 4.74 Å². The molecule has 0 radical (unpaired) electrons. The lowest BCUT2D eigenvalue weighted by Gasteiger charge is -2.20. The lowest BCUT2D eigenvalue weighted by atomic mass is 9.98. The summed E-state index contributed by atoms with van der Waals surface area (Å²) < 4.78 is 19.6. The van der Waals surface area contributed by atoms with Gasteiger partial charge >= 0.3 is 5.97 Å². The summed E-state index contributed by atoms with van der Waals surface area (Å²) in [5.41, 5.74) is 0.697. The summed E-state index contributed by atoms with van der Waals surface area (Å²) in [5.74, 6) is -1.34. The van der Waals surface area contributed by atoms with Crippen LogP contribution in [0.1, 0.15) is 28.9 Å². The van der Waals surface area contributed by atoms with E-state index in [0.717, 1.165) is 0 Å². The molecule has 0 amide bonds. The molecule has 0 saturated heterocycles. The third-order valence-electron chi connectivity index (χ3n) is 3.00. The summed E-state index contributed by atoms with van der Waals surface area (Å²) in [5, 5.41) is 0. The first-order valence-corrected chi connectivity index (χ1v) is 6.55. The number of benzene rings is 2. The molecule has 0 heterocycles. The van der Waals surface area contributed by atoms with E-state index < -0.39 is 24.0 Å². The molecule has 21 heavy (non-hydrogen) atoms. The van der Waals surface area contributed by atoms with Crippen LogP contribution in [0.15, 0.2) is 60.7 Å². The van der Waals surface area contributed by atoms with E-state index in [2.05, 4.69) is 0 Å². The van der Waals surface area contributed by atoms with Crippen molar-refractivity contribution in [1.82, 2.24) is 0 Å². The van der Waals surface area contributed by atoms with Crippen LogP contribution >= 0.6 is 0 Å². The number of carbonyl (C=O) groups is 2. The van der Waals surface area contributed by atoms with Crippen LogP contribution in [0.5, 0.6) is 0 Å². The molecular weight excluding hydrogens is 271 g/mol. The van der Waals surface area contributed by atoms with E-state index in [1.807, 2.05) is 0 Å². The third kappa shape index (κ3) is 3.75. The minimum absolute atomic E-state index is 0.248. The molecule has 0 saturated carbocycles. The molecule has 0 N–H and O–H groups in total. The van der Waals surface area contributed by atoms with Gasteiger partial charge in [0.1, 0.15) is 0 Å². The van der Waals surface area contributed by atoms with Gasteiger partial charge in [0.15, 0.2) is 6.10 Å². The fourth-order valence-electron chi connectivity index (χ4n) is 2.02. The Morgan fingerprint density at radius 1 is 0.952 bits per heavy atom. The summed E-state index contributed by atoms with van der Waals surface area (Å²) in [7, 11) is 0. The molecule has 0 aliphatic heterocycles. The first-order chi connectivity index (χ1) is 10.1. The molecule has 0 fully saturated rings. The Balaban J connectivity index is 2.28. The number of rotatable bonds is 5. The Morgan fingerprint density at radius 2 is 1.48 bits per heavy atom. The van der Waals surface area contributed by atoms with Gasteiger partial charge in [-0.05, 0) is 5.56 Å². The zero-order chi connectivity index (χ0) is 15.2. The fraction of sp³-hybridized carbons (Fsp3) is 0.176. The van der Waals surface area contributed by atoms with Crippen LogP contribution < -0.4 is 0 Å². The smallest absolute Gasteiger partial charge is 0.303 e. The van der Waals surface area contributed by atoms with Crippen LogP contribution in [-0.2, 0) is 9.53 Å². The van der Waals surface area contributed by atoms with E-state index in [0.29, 0.717) is 5.56 Å². The van der Waals surface area contributed by atoms with Crippen LogP contribution in [0.2, 0.25) is 0 Å². The van der Waals surface area contributed by atoms with Crippen LogP contribution in [-0.4, -0.2) is 17.9 Å². The summed E-state index contributed by atoms with van der Waals surface area (Å²) in [6.07, 6.45) is -3.19. The normalized spacial score (nSPS) is 13.2. The highest BCUT2D eigenvalue weighted by atomic mass is 19.1. The van der Waals surface area contributed by atoms with Gasteiger partial charge < -0.3 is 4.74 Å². The number of ether oxygens (including phenoxy) is 1. The third-order valence-corrected chi connectivity index (χ3v) is 3.00. The lowest BCUT2D eigenvalue weighted by molar-refractivity contribution is -0.149. The fourth-order valence-corrected chi connectivity index (χ4v) is 2.02. The zero-order valence-electron chi connectivity index (χ0n) is 11.5. The van der Waals surface area contributed by atoms with Crippen molar-refractivity contribution in [3.05, 3.63) is 71.8 Å². The number of alkyl halides is 1. The van der Waals surface area contributed by atoms with Gasteiger partial charge in [-0.15, -0.1) is 0 Å². The first kappa shape index (κ1) is 14.9. The highest BCUT2D eigenvalue weighted by molar-refractivity contribution is 6.00. The van der Waals surface area contributed by atoms with Crippen molar-refractivity contribution >= 4 is 11.8 Å². The molecule has 0 aromatic heterocycles. The number of Topliss-reactive ketones (excluding diaryl/α,β-unsaturated/α-hetero) is 1. The maximum Gasteiger partial charge on any atom is 0.303 e. The summed E-state index contributed by atoms with van der Waals surface area (Å²) >= 11 is 0. The van der Waals surface area contributed by atoms with Crippen molar-refractivity contribution in [2.75, 3.05) is 0 Å². The standard InChI is InChI=1S/C17H15FO3/c1-12(19)21-17(14-10-6-3-7-11-14)15(18)16(20)13-8-4-2-5-9-13/h2-11,15,17H,1H3. The Bertz CT molecular complexity index is 610. The molecule has 4 heteroatoms. The molecule has 2 atom stereocenters. The monoisotopic (exact) mass is 286 g/mol. The molecule has 3 nitrogen and oxygen atoms in total. The van der Waals surface area contributed by atoms with Crippen molar-refractivity contribution in [1.29, 1.82) is 0 Å². The first-order valence-electron chi connectivity index (χ1n) is 6.55. The summed E-state index contributed by atoms with van der Waals surface area (Å²) in [6, 6.07) is 16.5. The Morgan fingerprint density at radius 3 is 2.00 bits per heavy atom. The minimum Gasteiger partial charge on any atom is -0.454 e. The van der Waals surface area contributed by atoms with Gasteiger partial charge in [0.25, 0.3) is 0 Å². The predicted molar refractivity (Wildman–Crippen MR) is 76.6 cm³/mol. The average Bonchev–Trinajstić information content (AvgIpc) is 2.53. The van der Waals surface area contributed by atoms with E-state index >= 15 is 0 Å². The van der Waals surface area contributed by atoms with Crippen LogP contribution in [0.25, 0.3) is 0 Å². The predicted octanol–water partition coefficient (Wildman–Crippen LogP) is 3.51. The second kappa shape index (κ2) is 6.79. The average molecular weight is 286 g/mol. The molecular formula is C17H15FO3. The van der Waals surface area contributed by atoms with Crippen molar-refractivity contribution in [2.24, 2.45) is 0 Å². The van der Waals surface area contributed by atoms with Gasteiger partial charge in [-0.3, -0.25) is 9.59 Å².